The van der Waals surface area contributed by atoms with Gasteiger partial charge in [-0.25, -0.2) is 4.79 Å². The summed E-state index contributed by atoms with van der Waals surface area (Å²) in [5.41, 5.74) is 2.40. The summed E-state index contributed by atoms with van der Waals surface area (Å²) in [6.07, 6.45) is 9.61. The molecule has 0 heterocycles. The summed E-state index contributed by atoms with van der Waals surface area (Å²) in [7, 11) is 0. The normalized spacial score (nSPS) is 37.9. The Bertz CT molecular complexity index is 931. The Labute approximate surface area is 206 Å². The molecule has 0 aromatic heterocycles. The summed E-state index contributed by atoms with van der Waals surface area (Å²) in [6, 6.07) is -1.28. The van der Waals surface area contributed by atoms with Crippen LogP contribution in [-0.4, -0.2) is 57.6 Å². The van der Waals surface area contributed by atoms with E-state index in [9.17, 15) is 19.5 Å². The molecule has 0 aromatic carbocycles. The van der Waals surface area contributed by atoms with Gasteiger partial charge < -0.3 is 25.5 Å². The zero-order valence-electron chi connectivity index (χ0n) is 20.7. The molecule has 7 atom stereocenters. The van der Waals surface area contributed by atoms with Gasteiger partial charge in [0.25, 0.3) is 5.91 Å². The number of aliphatic carboxylic acids is 2. The molecule has 0 radical (unpaired) electrons. The number of aliphatic hydroxyl groups excluding tert-OH is 1. The van der Waals surface area contributed by atoms with Crippen molar-refractivity contribution in [2.75, 3.05) is 6.61 Å². The third kappa shape index (κ3) is 4.97. The number of fused-ring (bicyclic) bond motifs is 5. The Morgan fingerprint density at radius 3 is 2.60 bits per heavy atom. The minimum atomic E-state index is -1.28. The molecule has 194 valence electrons. The third-order valence-electron chi connectivity index (χ3n) is 9.58. The molecule has 0 aliphatic heterocycles. The van der Waals surface area contributed by atoms with Crippen molar-refractivity contribution in [1.82, 2.24) is 5.32 Å². The minimum absolute atomic E-state index is 0.0711. The van der Waals surface area contributed by atoms with Crippen molar-refractivity contribution < 1.29 is 34.5 Å². The maximum absolute atomic E-state index is 12.1. The average molecular weight is 491 g/mol. The maximum atomic E-state index is 12.1. The second-order valence-corrected chi connectivity index (χ2v) is 11.4. The molecule has 4 rings (SSSR count). The fourth-order valence-corrected chi connectivity index (χ4v) is 7.55. The van der Waals surface area contributed by atoms with Gasteiger partial charge in [-0.05, 0) is 92.4 Å². The number of amides is 1. The second kappa shape index (κ2) is 9.91. The topological polar surface area (TPSA) is 146 Å². The Kier molecular flexibility index (Phi) is 7.27. The smallest absolute Gasteiger partial charge is 0.326 e. The number of oxime groups is 1. The van der Waals surface area contributed by atoms with Crippen molar-refractivity contribution in [2.24, 2.45) is 33.7 Å². The lowest BCUT2D eigenvalue weighted by Crippen LogP contribution is -2.51. The summed E-state index contributed by atoms with van der Waals surface area (Å²) >= 11 is 0. The SMILES string of the molecule is C[C@]12CC[C@H]3[C@@H](CCC4=C/C(=N\OCC(=O)N[C@H](CCC(=O)O)C(=O)O)CC[C@@]43C)[C@@H]1CC[C@@H]2O. The number of rotatable bonds is 8. The summed E-state index contributed by atoms with van der Waals surface area (Å²) in [5.74, 6) is -1.16. The first-order valence-electron chi connectivity index (χ1n) is 12.9. The molecule has 1 amide bonds. The van der Waals surface area contributed by atoms with E-state index in [2.05, 4.69) is 30.4 Å². The summed E-state index contributed by atoms with van der Waals surface area (Å²) in [5, 5.41) is 35.0. The van der Waals surface area contributed by atoms with Crippen LogP contribution in [0.3, 0.4) is 0 Å². The molecule has 0 spiro atoms. The van der Waals surface area contributed by atoms with E-state index in [0.717, 1.165) is 57.1 Å². The van der Waals surface area contributed by atoms with Gasteiger partial charge in [-0.2, -0.15) is 0 Å². The largest absolute Gasteiger partial charge is 0.481 e. The van der Waals surface area contributed by atoms with Gasteiger partial charge in [0.05, 0.1) is 11.8 Å². The molecule has 4 aliphatic carbocycles. The zero-order chi connectivity index (χ0) is 25.4. The Hall–Kier alpha value is -2.42. The van der Waals surface area contributed by atoms with E-state index in [1.807, 2.05) is 0 Å². The van der Waals surface area contributed by atoms with Gasteiger partial charge in [0.2, 0.25) is 0 Å². The van der Waals surface area contributed by atoms with Crippen LogP contribution in [0.2, 0.25) is 0 Å². The highest BCUT2D eigenvalue weighted by atomic mass is 16.6. The van der Waals surface area contributed by atoms with Crippen LogP contribution in [0.1, 0.15) is 78.1 Å². The highest BCUT2D eigenvalue weighted by Gasteiger charge is 2.58. The first kappa shape index (κ1) is 25.7. The quantitative estimate of drug-likeness (QED) is 0.382. The lowest BCUT2D eigenvalue weighted by atomic mass is 9.47. The highest BCUT2D eigenvalue weighted by Crippen LogP contribution is 2.65. The van der Waals surface area contributed by atoms with E-state index in [1.54, 1.807) is 0 Å². The van der Waals surface area contributed by atoms with Gasteiger partial charge in [0.15, 0.2) is 6.61 Å². The lowest BCUT2D eigenvalue weighted by molar-refractivity contribution is -0.143. The Morgan fingerprint density at radius 1 is 1.11 bits per heavy atom. The number of aliphatic hydroxyl groups is 1. The second-order valence-electron chi connectivity index (χ2n) is 11.4. The molecule has 9 heteroatoms. The number of nitrogens with zero attached hydrogens (tertiary/aromatic N) is 1. The molecule has 35 heavy (non-hydrogen) atoms. The molecule has 9 nitrogen and oxygen atoms in total. The van der Waals surface area contributed by atoms with Crippen LogP contribution in [0, 0.1) is 28.6 Å². The number of carboxylic acids is 2. The van der Waals surface area contributed by atoms with Crippen molar-refractivity contribution in [3.63, 3.8) is 0 Å². The van der Waals surface area contributed by atoms with Crippen LogP contribution in [0.25, 0.3) is 0 Å². The number of carbonyl (C=O) groups is 3. The van der Waals surface area contributed by atoms with Gasteiger partial charge in [-0.1, -0.05) is 24.6 Å². The molecular formula is C26H38N2O7. The van der Waals surface area contributed by atoms with Gasteiger partial charge >= 0.3 is 11.9 Å². The van der Waals surface area contributed by atoms with E-state index >= 15 is 0 Å². The van der Waals surface area contributed by atoms with Crippen LogP contribution in [0.5, 0.6) is 0 Å². The van der Waals surface area contributed by atoms with Gasteiger partial charge in [0, 0.05) is 6.42 Å². The predicted molar refractivity (Wildman–Crippen MR) is 128 cm³/mol. The van der Waals surface area contributed by atoms with Crippen molar-refractivity contribution >= 4 is 23.6 Å². The van der Waals surface area contributed by atoms with Crippen molar-refractivity contribution in [2.45, 2.75) is 90.2 Å². The minimum Gasteiger partial charge on any atom is -0.481 e. The lowest BCUT2D eigenvalue weighted by Gasteiger charge is -2.57. The molecular weight excluding hydrogens is 452 g/mol. The Morgan fingerprint density at radius 2 is 1.89 bits per heavy atom. The monoisotopic (exact) mass is 490 g/mol. The molecule has 0 aromatic rings. The zero-order valence-corrected chi connectivity index (χ0v) is 20.7. The number of hydrogen-bond donors (Lipinski definition) is 4. The predicted octanol–water partition coefficient (Wildman–Crippen LogP) is 3.12. The molecule has 3 fully saturated rings. The van der Waals surface area contributed by atoms with Crippen LogP contribution >= 0.6 is 0 Å². The molecule has 0 unspecified atom stereocenters. The summed E-state index contributed by atoms with van der Waals surface area (Å²) in [6.45, 7) is 4.26. The van der Waals surface area contributed by atoms with E-state index in [0.29, 0.717) is 17.8 Å². The number of nitrogens with one attached hydrogen (secondary N) is 1. The van der Waals surface area contributed by atoms with Crippen LogP contribution in [0.4, 0.5) is 0 Å². The van der Waals surface area contributed by atoms with Crippen molar-refractivity contribution in [3.8, 4) is 0 Å². The standard InChI is InChI=1S/C26H38N2O7/c1-25-11-9-16(28-35-14-22(30)27-20(24(33)34)6-8-23(31)32)13-15(25)3-4-17-18-5-7-21(29)26(18,2)12-10-19(17)25/h13,17-21,29H,3-12,14H2,1-2H3,(H,27,30)(H,31,32)(H,33,34)/b28-16-/t17-,18-,19-,20+,21-,25-,26-/m0/s1. The third-order valence-corrected chi connectivity index (χ3v) is 9.58. The number of allylic oxidation sites excluding steroid dienone is 2. The average Bonchev–Trinajstić information content (AvgIpc) is 3.11. The van der Waals surface area contributed by atoms with E-state index in [4.69, 9.17) is 15.1 Å². The molecule has 3 saturated carbocycles. The van der Waals surface area contributed by atoms with Crippen LogP contribution < -0.4 is 5.32 Å². The van der Waals surface area contributed by atoms with E-state index < -0.39 is 30.5 Å². The summed E-state index contributed by atoms with van der Waals surface area (Å²) in [4.78, 5) is 39.2. The fourth-order valence-electron chi connectivity index (χ4n) is 7.55. The first-order chi connectivity index (χ1) is 16.5. The van der Waals surface area contributed by atoms with Crippen molar-refractivity contribution in [1.29, 1.82) is 0 Å². The van der Waals surface area contributed by atoms with E-state index in [-0.39, 0.29) is 29.8 Å². The maximum Gasteiger partial charge on any atom is 0.326 e. The van der Waals surface area contributed by atoms with Gasteiger partial charge in [0.1, 0.15) is 6.04 Å². The molecule has 0 bridgehead atoms. The van der Waals surface area contributed by atoms with E-state index in [1.165, 1.54) is 5.57 Å². The number of carboxylic acid groups (broad SMARTS) is 2. The number of carbonyl (C=O) groups excluding carboxylic acids is 1. The van der Waals surface area contributed by atoms with Gasteiger partial charge in [-0.3, -0.25) is 9.59 Å². The molecule has 4 N–H and O–H groups in total. The molecule has 4 aliphatic rings. The van der Waals surface area contributed by atoms with Crippen LogP contribution in [-0.2, 0) is 19.2 Å². The molecule has 0 saturated heterocycles. The van der Waals surface area contributed by atoms with Crippen LogP contribution in [0.15, 0.2) is 16.8 Å². The highest BCUT2D eigenvalue weighted by molar-refractivity contribution is 5.96. The van der Waals surface area contributed by atoms with Crippen molar-refractivity contribution in [3.05, 3.63) is 11.6 Å². The fraction of sp³-hybridized carbons (Fsp3) is 0.769. The first-order valence-corrected chi connectivity index (χ1v) is 12.9. The summed E-state index contributed by atoms with van der Waals surface area (Å²) < 4.78 is 0. The number of hydrogen-bond acceptors (Lipinski definition) is 6. The Balaban J connectivity index is 1.35. The van der Waals surface area contributed by atoms with Gasteiger partial charge in [-0.15, -0.1) is 0 Å².